The third kappa shape index (κ3) is 4.27. The maximum Gasteiger partial charge on any atom is 0.317 e. The highest BCUT2D eigenvalue weighted by molar-refractivity contribution is 7.14. The number of fused-ring (bicyclic) bond motifs is 1. The summed E-state index contributed by atoms with van der Waals surface area (Å²) in [6.45, 7) is 2.87. The van der Waals surface area contributed by atoms with Crippen LogP contribution in [0.2, 0.25) is 0 Å². The molecule has 0 aliphatic carbocycles. The second kappa shape index (κ2) is 9.28. The number of aliphatic imine (C=N–C) groups is 1. The summed E-state index contributed by atoms with van der Waals surface area (Å²) in [7, 11) is 0. The molecular formula is C24H21N7O3S. The summed E-state index contributed by atoms with van der Waals surface area (Å²) in [6, 6.07) is 17.4. The highest BCUT2D eigenvalue weighted by atomic mass is 32.1. The summed E-state index contributed by atoms with van der Waals surface area (Å²) in [4.78, 5) is 24.4. The Morgan fingerprint density at radius 1 is 1.03 bits per heavy atom. The van der Waals surface area contributed by atoms with Crippen LogP contribution in [0.4, 0.5) is 16.7 Å². The zero-order chi connectivity index (χ0) is 23.6. The van der Waals surface area contributed by atoms with Gasteiger partial charge in [-0.2, -0.15) is 0 Å². The van der Waals surface area contributed by atoms with E-state index < -0.39 is 6.17 Å². The number of aromatic nitrogens is 3. The van der Waals surface area contributed by atoms with Crippen molar-refractivity contribution in [1.82, 2.24) is 15.2 Å². The van der Waals surface area contributed by atoms with Crippen LogP contribution in [0.3, 0.4) is 0 Å². The van der Waals surface area contributed by atoms with E-state index in [0.717, 1.165) is 29.2 Å². The Bertz CT molecular complexity index is 1380. The Labute approximate surface area is 204 Å². The molecule has 0 radical (unpaired) electrons. The standard InChI is InChI=1S/C24H21N7O3S/c32-21-20(27-18(15-6-2-1-3-7-15)16-8-4-5-9-17(16)26-21)28-24-30-29-22(34-24)19-23(35-14-25-19)31-10-12-33-13-11-31/h1-9,14,20H,10-13H2,(H,26,32)(H,28,30). The molecule has 4 aromatic rings. The molecule has 4 heterocycles. The largest absolute Gasteiger partial charge is 0.402 e. The SMILES string of the molecule is O=C1Nc2ccccc2C(c2ccccc2)=NC1Nc1nnc(-c2ncsc2N2CCOCC2)o1. The molecule has 176 valence electrons. The van der Waals surface area contributed by atoms with Crippen molar-refractivity contribution in [3.8, 4) is 11.6 Å². The van der Waals surface area contributed by atoms with Gasteiger partial charge in [0.1, 0.15) is 5.00 Å². The van der Waals surface area contributed by atoms with E-state index in [0.29, 0.717) is 30.3 Å². The molecule has 1 amide bonds. The fraction of sp³-hybridized carbons (Fsp3) is 0.208. The molecule has 2 aliphatic rings. The molecule has 2 aliphatic heterocycles. The summed E-state index contributed by atoms with van der Waals surface area (Å²) in [5, 5.41) is 15.2. The van der Waals surface area contributed by atoms with E-state index in [2.05, 4.69) is 30.7 Å². The normalized spacial score (nSPS) is 17.8. The van der Waals surface area contributed by atoms with Crippen LogP contribution < -0.4 is 15.5 Å². The first-order valence-corrected chi connectivity index (χ1v) is 12.0. The van der Waals surface area contributed by atoms with Crippen LogP contribution in [0.5, 0.6) is 0 Å². The van der Waals surface area contributed by atoms with Crippen LogP contribution >= 0.6 is 11.3 Å². The maximum atomic E-state index is 13.1. The van der Waals surface area contributed by atoms with Gasteiger partial charge < -0.3 is 24.7 Å². The average Bonchev–Trinajstić information content (AvgIpc) is 3.55. The van der Waals surface area contributed by atoms with Crippen molar-refractivity contribution in [3.05, 3.63) is 71.2 Å². The molecule has 1 saturated heterocycles. The van der Waals surface area contributed by atoms with Crippen molar-refractivity contribution in [2.24, 2.45) is 4.99 Å². The number of benzene rings is 2. The van der Waals surface area contributed by atoms with Crippen LogP contribution in [-0.4, -0.2) is 59.3 Å². The lowest BCUT2D eigenvalue weighted by Crippen LogP contribution is -2.35. The van der Waals surface area contributed by atoms with Crippen molar-refractivity contribution >= 4 is 39.7 Å². The third-order valence-electron chi connectivity index (χ3n) is 5.73. The quantitative estimate of drug-likeness (QED) is 0.441. The number of hydrogen-bond donors (Lipinski definition) is 2. The van der Waals surface area contributed by atoms with Gasteiger partial charge in [0.05, 0.1) is 30.1 Å². The Balaban J connectivity index is 1.30. The van der Waals surface area contributed by atoms with E-state index in [1.165, 1.54) is 11.3 Å². The number of benzodiazepines with no additional fused rings is 1. The first-order valence-electron chi connectivity index (χ1n) is 11.2. The Hall–Kier alpha value is -4.09. The number of ether oxygens (including phenoxy) is 1. The number of rotatable bonds is 5. The van der Waals surface area contributed by atoms with Gasteiger partial charge in [0.25, 0.3) is 11.8 Å². The first-order chi connectivity index (χ1) is 17.3. The molecule has 1 atom stereocenters. The molecule has 6 rings (SSSR count). The number of thiazole rings is 1. The zero-order valence-electron chi connectivity index (χ0n) is 18.5. The van der Waals surface area contributed by atoms with Crippen LogP contribution in [-0.2, 0) is 9.53 Å². The molecule has 35 heavy (non-hydrogen) atoms. The van der Waals surface area contributed by atoms with Gasteiger partial charge in [-0.25, -0.2) is 9.98 Å². The zero-order valence-corrected chi connectivity index (χ0v) is 19.4. The summed E-state index contributed by atoms with van der Waals surface area (Å²) < 4.78 is 11.3. The molecule has 0 spiro atoms. The van der Waals surface area contributed by atoms with E-state index in [4.69, 9.17) is 14.1 Å². The molecule has 11 heteroatoms. The second-order valence-corrected chi connectivity index (χ2v) is 8.78. The topological polar surface area (TPSA) is 118 Å². The van der Waals surface area contributed by atoms with Gasteiger partial charge in [-0.3, -0.25) is 4.79 Å². The minimum Gasteiger partial charge on any atom is -0.402 e. The lowest BCUT2D eigenvalue weighted by Gasteiger charge is -2.27. The Morgan fingerprint density at radius 2 is 1.83 bits per heavy atom. The molecule has 0 bridgehead atoms. The molecular weight excluding hydrogens is 466 g/mol. The molecule has 1 fully saturated rings. The number of carbonyl (C=O) groups excluding carboxylic acids is 1. The predicted octanol–water partition coefficient (Wildman–Crippen LogP) is 3.26. The van der Waals surface area contributed by atoms with Crippen molar-refractivity contribution in [3.63, 3.8) is 0 Å². The van der Waals surface area contributed by atoms with Crippen LogP contribution in [0.1, 0.15) is 11.1 Å². The number of carbonyl (C=O) groups is 1. The lowest BCUT2D eigenvalue weighted by molar-refractivity contribution is -0.116. The summed E-state index contributed by atoms with van der Waals surface area (Å²) in [6.07, 6.45) is -0.972. The van der Waals surface area contributed by atoms with Crippen molar-refractivity contribution in [2.75, 3.05) is 41.8 Å². The third-order valence-corrected chi connectivity index (χ3v) is 6.61. The van der Waals surface area contributed by atoms with E-state index in [1.807, 2.05) is 54.6 Å². The minimum absolute atomic E-state index is 0.0863. The summed E-state index contributed by atoms with van der Waals surface area (Å²) in [5.41, 5.74) is 5.47. The van der Waals surface area contributed by atoms with Crippen molar-refractivity contribution in [2.45, 2.75) is 6.17 Å². The summed E-state index contributed by atoms with van der Waals surface area (Å²) in [5.74, 6) is -0.0504. The molecule has 2 aromatic carbocycles. The van der Waals surface area contributed by atoms with Gasteiger partial charge in [0.15, 0.2) is 5.69 Å². The number of morpholine rings is 1. The Kier molecular flexibility index (Phi) is 5.68. The summed E-state index contributed by atoms with van der Waals surface area (Å²) >= 11 is 1.51. The van der Waals surface area contributed by atoms with Crippen LogP contribution in [0, 0.1) is 0 Å². The predicted molar refractivity (Wildman–Crippen MR) is 133 cm³/mol. The number of anilines is 3. The average molecular weight is 488 g/mol. The van der Waals surface area contributed by atoms with E-state index in [-0.39, 0.29) is 17.8 Å². The van der Waals surface area contributed by atoms with Crippen LogP contribution in [0.25, 0.3) is 11.6 Å². The maximum absolute atomic E-state index is 13.1. The number of nitrogens with zero attached hydrogens (tertiary/aromatic N) is 5. The fourth-order valence-electron chi connectivity index (χ4n) is 4.05. The monoisotopic (exact) mass is 487 g/mol. The molecule has 2 aromatic heterocycles. The fourth-order valence-corrected chi connectivity index (χ4v) is 4.89. The number of amides is 1. The highest BCUT2D eigenvalue weighted by Crippen LogP contribution is 2.34. The van der Waals surface area contributed by atoms with Gasteiger partial charge in [0.2, 0.25) is 6.17 Å². The van der Waals surface area contributed by atoms with Gasteiger partial charge in [0, 0.05) is 24.2 Å². The molecule has 1 unspecified atom stereocenters. The second-order valence-electron chi connectivity index (χ2n) is 7.94. The Morgan fingerprint density at radius 3 is 2.69 bits per heavy atom. The first kappa shape index (κ1) is 21.4. The molecule has 10 nitrogen and oxygen atoms in total. The number of nitrogens with one attached hydrogen (secondary N) is 2. The van der Waals surface area contributed by atoms with Crippen molar-refractivity contribution < 1.29 is 13.9 Å². The lowest BCUT2D eigenvalue weighted by atomic mass is 10.0. The number of para-hydroxylation sites is 1. The molecule has 2 N–H and O–H groups in total. The van der Waals surface area contributed by atoms with Crippen LogP contribution in [0.15, 0.2) is 69.5 Å². The van der Waals surface area contributed by atoms with Crippen molar-refractivity contribution in [1.29, 1.82) is 0 Å². The van der Waals surface area contributed by atoms with E-state index in [1.54, 1.807) is 5.51 Å². The van der Waals surface area contributed by atoms with E-state index in [9.17, 15) is 4.79 Å². The van der Waals surface area contributed by atoms with E-state index >= 15 is 0 Å². The van der Waals surface area contributed by atoms with Gasteiger partial charge >= 0.3 is 6.01 Å². The molecule has 0 saturated carbocycles. The minimum atomic E-state index is -0.972. The van der Waals surface area contributed by atoms with Gasteiger partial charge in [-0.1, -0.05) is 53.6 Å². The van der Waals surface area contributed by atoms with Gasteiger partial charge in [-0.05, 0) is 6.07 Å². The smallest absolute Gasteiger partial charge is 0.317 e. The number of hydrogen-bond acceptors (Lipinski definition) is 10. The highest BCUT2D eigenvalue weighted by Gasteiger charge is 2.28. The van der Waals surface area contributed by atoms with Gasteiger partial charge in [-0.15, -0.1) is 16.4 Å².